The maximum atomic E-state index is 12.8. The fourth-order valence-electron chi connectivity index (χ4n) is 2.96. The van der Waals surface area contributed by atoms with Crippen LogP contribution in [-0.4, -0.2) is 42.8 Å². The molecule has 0 aliphatic carbocycles. The van der Waals surface area contributed by atoms with Crippen molar-refractivity contribution < 1.29 is 38.1 Å². The van der Waals surface area contributed by atoms with Gasteiger partial charge in [0.15, 0.2) is 0 Å². The summed E-state index contributed by atoms with van der Waals surface area (Å²) in [6.07, 6.45) is -0.954. The number of carbonyl (C=O) groups is 4. The number of nitrogens with one attached hydrogen (secondary N) is 1. The summed E-state index contributed by atoms with van der Waals surface area (Å²) in [5, 5.41) is 2.57. The van der Waals surface area contributed by atoms with Crippen LogP contribution in [0.4, 0.5) is 4.79 Å². The Labute approximate surface area is 210 Å². The maximum absolute atomic E-state index is 12.8. The van der Waals surface area contributed by atoms with Crippen LogP contribution in [0.15, 0.2) is 66.7 Å². The van der Waals surface area contributed by atoms with Crippen molar-refractivity contribution in [1.82, 2.24) is 5.32 Å². The van der Waals surface area contributed by atoms with Crippen LogP contribution in [0.5, 0.6) is 5.75 Å². The van der Waals surface area contributed by atoms with Crippen LogP contribution < -0.4 is 10.1 Å². The Balaban J connectivity index is 2.05. The van der Waals surface area contributed by atoms with E-state index in [0.29, 0.717) is 5.56 Å². The van der Waals surface area contributed by atoms with Gasteiger partial charge in [-0.1, -0.05) is 49.0 Å². The van der Waals surface area contributed by atoms with Crippen LogP contribution in [0.25, 0.3) is 0 Å². The Hall–Kier alpha value is -4.14. The second-order valence-electron chi connectivity index (χ2n) is 8.89. The smallest absolute Gasteiger partial charge is 0.408 e. The molecule has 1 amide bonds. The number of rotatable bonds is 10. The van der Waals surface area contributed by atoms with Crippen molar-refractivity contribution >= 4 is 24.0 Å². The molecule has 36 heavy (non-hydrogen) atoms. The zero-order valence-electron chi connectivity index (χ0n) is 20.9. The summed E-state index contributed by atoms with van der Waals surface area (Å²) in [6.45, 7) is 8.69. The minimum Gasteiger partial charge on any atom is -0.466 e. The number of carbonyl (C=O) groups excluding carboxylic acids is 4. The van der Waals surface area contributed by atoms with Gasteiger partial charge in [0, 0.05) is 12.0 Å². The number of ether oxygens (including phenoxy) is 4. The Bertz CT molecular complexity index is 1070. The topological polar surface area (TPSA) is 117 Å². The highest BCUT2D eigenvalue weighted by atomic mass is 16.6. The lowest BCUT2D eigenvalue weighted by atomic mass is 10.1. The van der Waals surface area contributed by atoms with Gasteiger partial charge in [-0.15, -0.1) is 0 Å². The van der Waals surface area contributed by atoms with Crippen molar-refractivity contribution in [2.45, 2.75) is 51.9 Å². The van der Waals surface area contributed by atoms with Gasteiger partial charge in [0.05, 0.1) is 13.5 Å². The van der Waals surface area contributed by atoms with Crippen LogP contribution in [0.1, 0.15) is 38.3 Å². The number of benzene rings is 2. The molecule has 0 aliphatic rings. The third-order valence-electron chi connectivity index (χ3n) is 4.63. The zero-order valence-corrected chi connectivity index (χ0v) is 20.9. The van der Waals surface area contributed by atoms with E-state index < -0.39 is 35.6 Å². The van der Waals surface area contributed by atoms with Gasteiger partial charge < -0.3 is 24.3 Å². The second-order valence-corrected chi connectivity index (χ2v) is 8.89. The highest BCUT2D eigenvalue weighted by molar-refractivity contribution is 5.93. The summed E-state index contributed by atoms with van der Waals surface area (Å²) in [6, 6.07) is 14.5. The van der Waals surface area contributed by atoms with Gasteiger partial charge in [0.1, 0.15) is 24.0 Å². The summed E-state index contributed by atoms with van der Waals surface area (Å²) in [4.78, 5) is 48.5. The predicted octanol–water partition coefficient (Wildman–Crippen LogP) is 3.89. The average molecular weight is 498 g/mol. The molecule has 0 spiro atoms. The molecular weight excluding hydrogens is 466 g/mol. The Morgan fingerprint density at radius 1 is 0.944 bits per heavy atom. The van der Waals surface area contributed by atoms with E-state index >= 15 is 0 Å². The molecule has 0 radical (unpaired) electrons. The van der Waals surface area contributed by atoms with Crippen molar-refractivity contribution in [2.75, 3.05) is 7.11 Å². The standard InChI is InChI=1S/C27H31NO8/c1-18(24(30)33-5)15-23(29)35-21-13-11-19(12-14-21)16-22(28-26(32)36-27(2,3)4)25(31)34-17-20-9-7-6-8-10-20/h6-14,22H,1,15-17H2,2-5H3,(H,28,32)/t22-/m0/s1. The highest BCUT2D eigenvalue weighted by Gasteiger charge is 2.26. The Kier molecular flexibility index (Phi) is 10.2. The number of hydrogen-bond acceptors (Lipinski definition) is 8. The molecule has 0 aromatic heterocycles. The number of hydrogen-bond donors (Lipinski definition) is 1. The Morgan fingerprint density at radius 3 is 2.17 bits per heavy atom. The largest absolute Gasteiger partial charge is 0.466 e. The first-order chi connectivity index (χ1) is 17.0. The molecule has 2 rings (SSSR count). The second kappa shape index (κ2) is 13.1. The molecule has 192 valence electrons. The van der Waals surface area contributed by atoms with Crippen molar-refractivity contribution in [3.63, 3.8) is 0 Å². The lowest BCUT2D eigenvalue weighted by Gasteiger charge is -2.23. The van der Waals surface area contributed by atoms with E-state index in [1.54, 1.807) is 32.9 Å². The van der Waals surface area contributed by atoms with Crippen LogP contribution in [-0.2, 0) is 41.6 Å². The highest BCUT2D eigenvalue weighted by Crippen LogP contribution is 2.16. The van der Waals surface area contributed by atoms with Gasteiger partial charge in [0.25, 0.3) is 0 Å². The summed E-state index contributed by atoms with van der Waals surface area (Å²) in [7, 11) is 1.19. The zero-order chi connectivity index (χ0) is 26.7. The van der Waals surface area contributed by atoms with E-state index in [1.165, 1.54) is 19.2 Å². The van der Waals surface area contributed by atoms with Crippen LogP contribution >= 0.6 is 0 Å². The molecule has 9 heteroatoms. The summed E-state index contributed by atoms with van der Waals surface area (Å²) in [5.74, 6) is -1.75. The van der Waals surface area contributed by atoms with Gasteiger partial charge in [0.2, 0.25) is 0 Å². The van der Waals surface area contributed by atoms with E-state index in [0.717, 1.165) is 5.56 Å². The molecular formula is C27H31NO8. The molecule has 0 bridgehead atoms. The van der Waals surface area contributed by atoms with Crippen molar-refractivity contribution in [3.05, 3.63) is 77.9 Å². The van der Waals surface area contributed by atoms with E-state index in [-0.39, 0.29) is 30.8 Å². The summed E-state index contributed by atoms with van der Waals surface area (Å²) < 4.78 is 20.4. The summed E-state index contributed by atoms with van der Waals surface area (Å²) >= 11 is 0. The van der Waals surface area contributed by atoms with Crippen LogP contribution in [0, 0.1) is 0 Å². The monoisotopic (exact) mass is 497 g/mol. The minimum atomic E-state index is -1.01. The van der Waals surface area contributed by atoms with Crippen molar-refractivity contribution in [2.24, 2.45) is 0 Å². The van der Waals surface area contributed by atoms with Crippen LogP contribution in [0.3, 0.4) is 0 Å². The fourth-order valence-corrected chi connectivity index (χ4v) is 2.96. The first kappa shape index (κ1) is 28.1. The third-order valence-corrected chi connectivity index (χ3v) is 4.63. The quantitative estimate of drug-likeness (QED) is 0.227. The fraction of sp³-hybridized carbons (Fsp3) is 0.333. The minimum absolute atomic E-state index is 0.0239. The molecule has 0 unspecified atom stereocenters. The predicted molar refractivity (Wildman–Crippen MR) is 131 cm³/mol. The first-order valence-corrected chi connectivity index (χ1v) is 11.2. The molecule has 9 nitrogen and oxygen atoms in total. The maximum Gasteiger partial charge on any atom is 0.408 e. The molecule has 0 aliphatic heterocycles. The molecule has 0 fully saturated rings. The normalized spacial score (nSPS) is 11.6. The van der Waals surface area contributed by atoms with Gasteiger partial charge in [-0.3, -0.25) is 4.79 Å². The SMILES string of the molecule is C=C(CC(=O)Oc1ccc(C[C@H](NC(=O)OC(C)(C)C)C(=O)OCc2ccccc2)cc1)C(=O)OC. The molecule has 2 aromatic carbocycles. The lowest BCUT2D eigenvalue weighted by Crippen LogP contribution is -2.45. The number of esters is 3. The van der Waals surface area contributed by atoms with E-state index in [1.807, 2.05) is 30.3 Å². The average Bonchev–Trinajstić information content (AvgIpc) is 2.82. The van der Waals surface area contributed by atoms with Crippen molar-refractivity contribution in [3.8, 4) is 5.75 Å². The van der Waals surface area contributed by atoms with E-state index in [9.17, 15) is 19.2 Å². The third kappa shape index (κ3) is 10.0. The summed E-state index contributed by atoms with van der Waals surface area (Å²) in [5.41, 5.74) is 0.714. The number of amides is 1. The number of alkyl carbamates (subject to hydrolysis) is 1. The number of methoxy groups -OCH3 is 1. The van der Waals surface area contributed by atoms with Crippen molar-refractivity contribution in [1.29, 1.82) is 0 Å². The first-order valence-electron chi connectivity index (χ1n) is 11.2. The van der Waals surface area contributed by atoms with Gasteiger partial charge in [-0.05, 0) is 44.0 Å². The van der Waals surface area contributed by atoms with Crippen LogP contribution in [0.2, 0.25) is 0 Å². The van der Waals surface area contributed by atoms with Gasteiger partial charge in [-0.2, -0.15) is 0 Å². The molecule has 0 saturated heterocycles. The van der Waals surface area contributed by atoms with Gasteiger partial charge >= 0.3 is 24.0 Å². The van der Waals surface area contributed by atoms with E-state index in [4.69, 9.17) is 14.2 Å². The molecule has 1 N–H and O–H groups in total. The molecule has 0 saturated carbocycles. The van der Waals surface area contributed by atoms with Gasteiger partial charge in [-0.25, -0.2) is 14.4 Å². The Morgan fingerprint density at radius 2 is 1.58 bits per heavy atom. The molecule has 0 heterocycles. The molecule has 1 atom stereocenters. The molecule has 2 aromatic rings. The lowest BCUT2D eigenvalue weighted by molar-refractivity contribution is -0.147. The van der Waals surface area contributed by atoms with E-state index in [2.05, 4.69) is 16.6 Å².